The Labute approximate surface area is 162 Å². The summed E-state index contributed by atoms with van der Waals surface area (Å²) in [6.07, 6.45) is 6.07. The number of halogens is 1. The van der Waals surface area contributed by atoms with Gasteiger partial charge in [-0.25, -0.2) is 24.7 Å². The summed E-state index contributed by atoms with van der Waals surface area (Å²) in [4.78, 5) is 27.0. The molecule has 0 saturated heterocycles. The first-order chi connectivity index (χ1) is 13.1. The molecule has 0 unspecified atom stereocenters. The number of carbonyl (C=O) groups excluding carboxylic acids is 1. The van der Waals surface area contributed by atoms with Crippen LogP contribution in [0.3, 0.4) is 0 Å². The van der Waals surface area contributed by atoms with Crippen molar-refractivity contribution in [3.63, 3.8) is 0 Å². The van der Waals surface area contributed by atoms with E-state index in [1.807, 2.05) is 0 Å². The molecule has 0 amide bonds. The van der Waals surface area contributed by atoms with Crippen LogP contribution in [0.2, 0.25) is 5.15 Å². The van der Waals surface area contributed by atoms with Gasteiger partial charge in [-0.1, -0.05) is 11.6 Å². The summed E-state index contributed by atoms with van der Waals surface area (Å²) in [6.45, 7) is 2.37. The van der Waals surface area contributed by atoms with Crippen molar-refractivity contribution < 1.29 is 19.0 Å². The Kier molecular flexibility index (Phi) is 11.3. The molecule has 0 bridgehead atoms. The van der Waals surface area contributed by atoms with Crippen molar-refractivity contribution in [2.24, 2.45) is 0 Å². The molecule has 148 valence electrons. The molecule has 0 aliphatic heterocycles. The zero-order valence-electron chi connectivity index (χ0n) is 15.4. The van der Waals surface area contributed by atoms with Crippen molar-refractivity contribution in [3.8, 4) is 0 Å². The highest BCUT2D eigenvalue weighted by Gasteiger charge is 2.13. The van der Waals surface area contributed by atoms with Gasteiger partial charge in [0.2, 0.25) is 0 Å². The first kappa shape index (κ1) is 22.5. The minimum absolute atomic E-state index is 0.177. The van der Waals surface area contributed by atoms with Gasteiger partial charge >= 0.3 is 5.97 Å². The molecular weight excluding hydrogens is 376 g/mol. The molecule has 27 heavy (non-hydrogen) atoms. The van der Waals surface area contributed by atoms with Crippen molar-refractivity contribution >= 4 is 29.2 Å². The second kappa shape index (κ2) is 13.6. The van der Waals surface area contributed by atoms with Crippen LogP contribution in [0, 0.1) is 0 Å². The summed E-state index contributed by atoms with van der Waals surface area (Å²) >= 11 is 5.73. The summed E-state index contributed by atoms with van der Waals surface area (Å²) in [6, 6.07) is 0. The summed E-state index contributed by atoms with van der Waals surface area (Å²) < 4.78 is 14.3. The molecular formula is C16H23ClN6O4. The third-order valence-electron chi connectivity index (χ3n) is 2.93. The highest BCUT2D eigenvalue weighted by Crippen LogP contribution is 2.13. The minimum atomic E-state index is -0.511. The maximum atomic E-state index is 11.3. The van der Waals surface area contributed by atoms with Crippen LogP contribution in [0.25, 0.3) is 0 Å². The van der Waals surface area contributed by atoms with E-state index in [0.29, 0.717) is 43.1 Å². The summed E-state index contributed by atoms with van der Waals surface area (Å²) in [7, 11) is 4.54. The van der Waals surface area contributed by atoms with Crippen molar-refractivity contribution in [2.45, 2.75) is 0 Å². The first-order valence-corrected chi connectivity index (χ1v) is 8.33. The highest BCUT2D eigenvalue weighted by atomic mass is 35.5. The Balaban J connectivity index is 0.000000277. The average Bonchev–Trinajstić information content (AvgIpc) is 2.70. The van der Waals surface area contributed by atoms with Gasteiger partial charge in [0.15, 0.2) is 22.5 Å². The average molecular weight is 399 g/mol. The van der Waals surface area contributed by atoms with Crippen LogP contribution in [0.4, 0.5) is 11.6 Å². The van der Waals surface area contributed by atoms with E-state index < -0.39 is 5.97 Å². The molecule has 0 atom stereocenters. The Morgan fingerprint density at radius 3 is 1.96 bits per heavy atom. The van der Waals surface area contributed by atoms with E-state index in [0.717, 1.165) is 0 Å². The molecule has 10 nitrogen and oxygen atoms in total. The number of hydrogen-bond donors (Lipinski definition) is 2. The number of carbonyl (C=O) groups is 1. The number of hydrogen-bond acceptors (Lipinski definition) is 10. The predicted octanol–water partition coefficient (Wildman–Crippen LogP) is 1.51. The van der Waals surface area contributed by atoms with Crippen LogP contribution in [-0.4, -0.2) is 73.5 Å². The molecule has 0 spiro atoms. The molecule has 2 heterocycles. The standard InChI is InChI=1S/C9H13N3O3.C7H10ClN3O/c1-14-6-5-12-8-7(9(13)15-2)10-3-4-11-8;1-12-5-4-11-7-6(8)9-2-3-10-7/h3-4H,5-6H2,1-2H3,(H,11,12);2-3H,4-5H2,1H3,(H,10,11). The zero-order chi connectivity index (χ0) is 19.9. The predicted molar refractivity (Wildman–Crippen MR) is 101 cm³/mol. The van der Waals surface area contributed by atoms with Crippen LogP contribution < -0.4 is 10.6 Å². The number of aromatic nitrogens is 4. The van der Waals surface area contributed by atoms with E-state index in [1.165, 1.54) is 19.5 Å². The maximum Gasteiger partial charge on any atom is 0.360 e. The molecule has 2 rings (SSSR count). The molecule has 0 saturated carbocycles. The highest BCUT2D eigenvalue weighted by molar-refractivity contribution is 6.31. The normalized spacial score (nSPS) is 9.78. The number of rotatable bonds is 9. The Morgan fingerprint density at radius 1 is 0.889 bits per heavy atom. The molecule has 2 N–H and O–H groups in total. The van der Waals surface area contributed by atoms with Gasteiger partial charge in [-0.2, -0.15) is 0 Å². The largest absolute Gasteiger partial charge is 0.464 e. The number of nitrogens with one attached hydrogen (secondary N) is 2. The molecule has 2 aromatic rings. The monoisotopic (exact) mass is 398 g/mol. The van der Waals surface area contributed by atoms with Crippen molar-refractivity contribution in [1.29, 1.82) is 0 Å². The fourth-order valence-corrected chi connectivity index (χ4v) is 1.87. The van der Waals surface area contributed by atoms with Gasteiger partial charge in [-0.05, 0) is 0 Å². The smallest absolute Gasteiger partial charge is 0.360 e. The quantitative estimate of drug-likeness (QED) is 0.474. The zero-order valence-corrected chi connectivity index (χ0v) is 16.2. The van der Waals surface area contributed by atoms with E-state index in [4.69, 9.17) is 21.1 Å². The lowest BCUT2D eigenvalue weighted by Crippen LogP contribution is -2.14. The number of anilines is 2. The lowest BCUT2D eigenvalue weighted by molar-refractivity contribution is 0.0594. The minimum Gasteiger partial charge on any atom is -0.464 e. The van der Waals surface area contributed by atoms with Crippen LogP contribution >= 0.6 is 11.6 Å². The van der Waals surface area contributed by atoms with E-state index in [9.17, 15) is 4.79 Å². The van der Waals surface area contributed by atoms with Gasteiger partial charge in [0, 0.05) is 52.1 Å². The third-order valence-corrected chi connectivity index (χ3v) is 3.20. The van der Waals surface area contributed by atoms with E-state index >= 15 is 0 Å². The molecule has 0 aliphatic rings. The molecule has 11 heteroatoms. The van der Waals surface area contributed by atoms with Crippen molar-refractivity contribution in [1.82, 2.24) is 19.9 Å². The lowest BCUT2D eigenvalue weighted by atomic mass is 10.4. The number of ether oxygens (including phenoxy) is 3. The van der Waals surface area contributed by atoms with Crippen molar-refractivity contribution in [3.05, 3.63) is 35.6 Å². The summed E-state index contributed by atoms with van der Waals surface area (Å²) in [5.74, 6) is 0.487. The second-order valence-electron chi connectivity index (χ2n) is 4.78. The van der Waals surface area contributed by atoms with Crippen molar-refractivity contribution in [2.75, 3.05) is 58.3 Å². The maximum absolute atomic E-state index is 11.3. The summed E-state index contributed by atoms with van der Waals surface area (Å²) in [5, 5.41) is 6.30. The number of esters is 1. The molecule has 0 radical (unpaired) electrons. The Bertz CT molecular complexity index is 691. The topological polar surface area (TPSA) is 120 Å². The van der Waals surface area contributed by atoms with Gasteiger partial charge in [-0.15, -0.1) is 0 Å². The second-order valence-corrected chi connectivity index (χ2v) is 5.14. The third kappa shape index (κ3) is 8.58. The first-order valence-electron chi connectivity index (χ1n) is 7.95. The van der Waals surface area contributed by atoms with Crippen LogP contribution in [0.15, 0.2) is 24.8 Å². The molecule has 2 aromatic heterocycles. The van der Waals surface area contributed by atoms with Gasteiger partial charge < -0.3 is 24.8 Å². The molecule has 0 aliphatic carbocycles. The molecule has 0 aromatic carbocycles. The number of methoxy groups -OCH3 is 3. The van der Waals surface area contributed by atoms with Crippen LogP contribution in [0.1, 0.15) is 10.5 Å². The fourth-order valence-electron chi connectivity index (χ4n) is 1.70. The lowest BCUT2D eigenvalue weighted by Gasteiger charge is -2.07. The van der Waals surface area contributed by atoms with E-state index in [1.54, 1.807) is 26.6 Å². The fraction of sp³-hybridized carbons (Fsp3) is 0.438. The molecule has 0 fully saturated rings. The Hall–Kier alpha value is -2.56. The Morgan fingerprint density at radius 2 is 1.41 bits per heavy atom. The van der Waals surface area contributed by atoms with E-state index in [2.05, 4.69) is 35.3 Å². The van der Waals surface area contributed by atoms with E-state index in [-0.39, 0.29) is 5.69 Å². The van der Waals surface area contributed by atoms with Gasteiger partial charge in [0.1, 0.15) is 0 Å². The van der Waals surface area contributed by atoms with Crippen LogP contribution in [0.5, 0.6) is 0 Å². The van der Waals surface area contributed by atoms with Gasteiger partial charge in [0.25, 0.3) is 0 Å². The van der Waals surface area contributed by atoms with Crippen LogP contribution in [-0.2, 0) is 14.2 Å². The summed E-state index contributed by atoms with van der Waals surface area (Å²) in [5.41, 5.74) is 0.177. The van der Waals surface area contributed by atoms with Gasteiger partial charge in [0.05, 0.1) is 20.3 Å². The number of nitrogens with zero attached hydrogens (tertiary/aromatic N) is 4. The SMILES string of the molecule is COCCNc1nccnc1C(=O)OC.COCCNc1nccnc1Cl. The van der Waals surface area contributed by atoms with Gasteiger partial charge in [-0.3, -0.25) is 0 Å².